The van der Waals surface area contributed by atoms with Gasteiger partial charge in [-0.15, -0.1) is 0 Å². The van der Waals surface area contributed by atoms with Crippen LogP contribution < -0.4 is 4.74 Å². The maximum atomic E-state index is 9.21. The number of benzene rings is 2. The maximum absolute atomic E-state index is 9.21. The van der Waals surface area contributed by atoms with Crippen molar-refractivity contribution in [3.05, 3.63) is 42.0 Å². The van der Waals surface area contributed by atoms with Crippen molar-refractivity contribution in [2.75, 3.05) is 26.8 Å². The maximum Gasteiger partial charge on any atom is 0.123 e. The molecule has 3 heteroatoms. The van der Waals surface area contributed by atoms with Gasteiger partial charge in [0.25, 0.3) is 0 Å². The number of aliphatic hydroxyl groups excluding tert-OH is 1. The molecule has 0 aliphatic carbocycles. The van der Waals surface area contributed by atoms with E-state index < -0.39 is 0 Å². The van der Waals surface area contributed by atoms with Gasteiger partial charge in [0.1, 0.15) is 5.75 Å². The average molecular weight is 273 g/mol. The van der Waals surface area contributed by atoms with Crippen LogP contribution >= 0.6 is 0 Å². The topological polar surface area (TPSA) is 32.7 Å². The number of hydrogen-bond donors (Lipinski definition) is 1. The van der Waals surface area contributed by atoms with Crippen LogP contribution in [0.3, 0.4) is 0 Å². The van der Waals surface area contributed by atoms with Crippen LogP contribution in [-0.2, 0) is 6.54 Å². The van der Waals surface area contributed by atoms with E-state index in [4.69, 9.17) is 4.74 Å². The molecule has 20 heavy (non-hydrogen) atoms. The van der Waals surface area contributed by atoms with Gasteiger partial charge in [0.15, 0.2) is 0 Å². The summed E-state index contributed by atoms with van der Waals surface area (Å²) in [5, 5.41) is 11.7. The summed E-state index contributed by atoms with van der Waals surface area (Å²) in [7, 11) is 1.71. The molecular formula is C17H23NO2. The van der Waals surface area contributed by atoms with Crippen molar-refractivity contribution in [1.29, 1.82) is 0 Å². The van der Waals surface area contributed by atoms with E-state index in [1.165, 1.54) is 16.3 Å². The lowest BCUT2D eigenvalue weighted by molar-refractivity contribution is 0.189. The van der Waals surface area contributed by atoms with Crippen LogP contribution in [0.15, 0.2) is 36.4 Å². The highest BCUT2D eigenvalue weighted by molar-refractivity contribution is 5.87. The van der Waals surface area contributed by atoms with Gasteiger partial charge in [-0.1, -0.05) is 37.3 Å². The number of nitrogens with zero attached hydrogens (tertiary/aromatic N) is 1. The number of aliphatic hydroxyl groups is 1. The molecule has 0 spiro atoms. The van der Waals surface area contributed by atoms with Crippen molar-refractivity contribution < 1.29 is 9.84 Å². The van der Waals surface area contributed by atoms with Crippen molar-refractivity contribution >= 4 is 10.8 Å². The molecule has 2 aromatic rings. The summed E-state index contributed by atoms with van der Waals surface area (Å²) in [6.07, 6.45) is 1.08. The lowest BCUT2D eigenvalue weighted by atomic mass is 10.0. The van der Waals surface area contributed by atoms with Crippen LogP contribution in [0.2, 0.25) is 0 Å². The Morgan fingerprint density at radius 3 is 2.60 bits per heavy atom. The molecule has 0 radical (unpaired) electrons. The van der Waals surface area contributed by atoms with Crippen molar-refractivity contribution in [3.63, 3.8) is 0 Å². The molecule has 0 saturated carbocycles. The molecule has 0 atom stereocenters. The Bertz CT molecular complexity index is 548. The predicted molar refractivity (Wildman–Crippen MR) is 83.2 cm³/mol. The Labute approximate surface area is 120 Å². The van der Waals surface area contributed by atoms with Gasteiger partial charge in [0, 0.05) is 18.7 Å². The van der Waals surface area contributed by atoms with E-state index >= 15 is 0 Å². The molecule has 3 nitrogen and oxygen atoms in total. The van der Waals surface area contributed by atoms with E-state index in [2.05, 4.69) is 42.2 Å². The second-order valence-corrected chi connectivity index (χ2v) is 4.97. The zero-order valence-electron chi connectivity index (χ0n) is 12.3. The van der Waals surface area contributed by atoms with Crippen LogP contribution in [0.25, 0.3) is 10.8 Å². The van der Waals surface area contributed by atoms with Gasteiger partial charge in [0.2, 0.25) is 0 Å². The van der Waals surface area contributed by atoms with Crippen LogP contribution in [0.5, 0.6) is 5.75 Å². The second kappa shape index (κ2) is 7.27. The van der Waals surface area contributed by atoms with Crippen molar-refractivity contribution in [1.82, 2.24) is 4.90 Å². The molecule has 0 aromatic heterocycles. The van der Waals surface area contributed by atoms with E-state index in [-0.39, 0.29) is 6.61 Å². The summed E-state index contributed by atoms with van der Waals surface area (Å²) >= 11 is 0. The Kier molecular flexibility index (Phi) is 5.39. The lowest BCUT2D eigenvalue weighted by Crippen LogP contribution is -2.27. The van der Waals surface area contributed by atoms with E-state index in [1.807, 2.05) is 6.07 Å². The van der Waals surface area contributed by atoms with Crippen LogP contribution in [0, 0.1) is 0 Å². The molecular weight excluding hydrogens is 250 g/mol. The molecule has 108 valence electrons. The molecule has 0 fully saturated rings. The average Bonchev–Trinajstić information content (AvgIpc) is 2.48. The van der Waals surface area contributed by atoms with Gasteiger partial charge < -0.3 is 9.84 Å². The largest absolute Gasteiger partial charge is 0.496 e. The fourth-order valence-corrected chi connectivity index (χ4v) is 2.62. The molecule has 2 rings (SSSR count). The molecule has 0 unspecified atom stereocenters. The first-order chi connectivity index (χ1) is 9.80. The van der Waals surface area contributed by atoms with E-state index in [0.29, 0.717) is 6.54 Å². The van der Waals surface area contributed by atoms with Crippen molar-refractivity contribution in [2.45, 2.75) is 19.9 Å². The smallest absolute Gasteiger partial charge is 0.123 e. The number of fused-ring (bicyclic) bond motifs is 1. The minimum absolute atomic E-state index is 0.188. The SMILES string of the molecule is CCCN(CCO)Cc1c(OC)ccc2ccccc12. The third-order valence-electron chi connectivity index (χ3n) is 3.56. The summed E-state index contributed by atoms with van der Waals surface area (Å²) in [6.45, 7) is 4.82. The lowest BCUT2D eigenvalue weighted by Gasteiger charge is -2.23. The van der Waals surface area contributed by atoms with E-state index in [0.717, 1.165) is 25.3 Å². The monoisotopic (exact) mass is 273 g/mol. The Morgan fingerprint density at radius 1 is 1.10 bits per heavy atom. The van der Waals surface area contributed by atoms with Gasteiger partial charge in [-0.25, -0.2) is 0 Å². The highest BCUT2D eigenvalue weighted by Gasteiger charge is 2.12. The summed E-state index contributed by atoms with van der Waals surface area (Å²) in [5.74, 6) is 0.919. The first kappa shape index (κ1) is 14.8. The standard InChI is InChI=1S/C17H23NO2/c1-3-10-18(11-12-19)13-16-15-7-5-4-6-14(15)8-9-17(16)20-2/h4-9,19H,3,10-13H2,1-2H3. The molecule has 0 amide bonds. The summed E-state index contributed by atoms with van der Waals surface area (Å²) in [5.41, 5.74) is 1.20. The minimum Gasteiger partial charge on any atom is -0.496 e. The molecule has 0 bridgehead atoms. The van der Waals surface area contributed by atoms with Gasteiger partial charge in [-0.05, 0) is 29.8 Å². The van der Waals surface area contributed by atoms with Gasteiger partial charge in [-0.2, -0.15) is 0 Å². The zero-order valence-corrected chi connectivity index (χ0v) is 12.3. The van der Waals surface area contributed by atoms with E-state index in [9.17, 15) is 5.11 Å². The van der Waals surface area contributed by atoms with Crippen LogP contribution in [0.1, 0.15) is 18.9 Å². The fourth-order valence-electron chi connectivity index (χ4n) is 2.62. The van der Waals surface area contributed by atoms with Crippen molar-refractivity contribution in [2.24, 2.45) is 0 Å². The van der Waals surface area contributed by atoms with E-state index in [1.54, 1.807) is 7.11 Å². The van der Waals surface area contributed by atoms with Crippen LogP contribution in [0.4, 0.5) is 0 Å². The molecule has 0 aliphatic heterocycles. The van der Waals surface area contributed by atoms with Gasteiger partial charge in [0.05, 0.1) is 13.7 Å². The Balaban J connectivity index is 2.39. The first-order valence-electron chi connectivity index (χ1n) is 7.18. The Hall–Kier alpha value is -1.58. The van der Waals surface area contributed by atoms with Crippen molar-refractivity contribution in [3.8, 4) is 5.75 Å². The summed E-state index contributed by atoms with van der Waals surface area (Å²) in [6, 6.07) is 12.5. The zero-order chi connectivity index (χ0) is 14.4. The fraction of sp³-hybridized carbons (Fsp3) is 0.412. The predicted octanol–water partition coefficient (Wildman–Crippen LogP) is 3.05. The number of methoxy groups -OCH3 is 1. The Morgan fingerprint density at radius 2 is 1.90 bits per heavy atom. The molecule has 0 aliphatic rings. The molecule has 2 aromatic carbocycles. The van der Waals surface area contributed by atoms with Gasteiger partial charge >= 0.3 is 0 Å². The minimum atomic E-state index is 0.188. The third-order valence-corrected chi connectivity index (χ3v) is 3.56. The number of hydrogen-bond acceptors (Lipinski definition) is 3. The number of rotatable bonds is 7. The molecule has 1 N–H and O–H groups in total. The third kappa shape index (κ3) is 3.30. The number of ether oxygens (including phenoxy) is 1. The molecule has 0 saturated heterocycles. The second-order valence-electron chi connectivity index (χ2n) is 4.97. The normalized spacial score (nSPS) is 11.2. The highest BCUT2D eigenvalue weighted by Crippen LogP contribution is 2.29. The molecule has 0 heterocycles. The summed E-state index contributed by atoms with van der Waals surface area (Å²) < 4.78 is 5.52. The first-order valence-corrected chi connectivity index (χ1v) is 7.18. The summed E-state index contributed by atoms with van der Waals surface area (Å²) in [4.78, 5) is 2.27. The highest BCUT2D eigenvalue weighted by atomic mass is 16.5. The quantitative estimate of drug-likeness (QED) is 0.841. The van der Waals surface area contributed by atoms with Gasteiger partial charge in [-0.3, -0.25) is 4.90 Å². The van der Waals surface area contributed by atoms with Crippen LogP contribution in [-0.4, -0.2) is 36.8 Å².